The fourth-order valence-electron chi connectivity index (χ4n) is 4.45. The number of piperidine rings is 1. The Hall–Kier alpha value is -2.92. The Morgan fingerprint density at radius 1 is 1.08 bits per heavy atom. The van der Waals surface area contributed by atoms with Gasteiger partial charge in [-0.25, -0.2) is 13.2 Å². The van der Waals surface area contributed by atoms with E-state index in [1.807, 2.05) is 20.8 Å². The Balaban J connectivity index is 1.84. The standard InChI is InChI=1S/C25H37N5O5S/c1-4-6-14-29(21-22(26)30(15-7-5-2)25(33)27-23(21)31)24(32)19-12-16-28(17-13-19)36(34,35)20-10-8-18(3)9-11-20/h8-11,19H,4-7,12-17,26H2,1-3H3,(H,27,31,33). The van der Waals surface area contributed by atoms with Crippen LogP contribution in [0.1, 0.15) is 57.9 Å². The summed E-state index contributed by atoms with van der Waals surface area (Å²) in [6.07, 6.45) is 3.65. The molecule has 11 heteroatoms. The number of amides is 1. The van der Waals surface area contributed by atoms with Gasteiger partial charge < -0.3 is 10.6 Å². The lowest BCUT2D eigenvalue weighted by Crippen LogP contribution is -2.47. The van der Waals surface area contributed by atoms with Gasteiger partial charge in [0.05, 0.1) is 4.90 Å². The third kappa shape index (κ3) is 5.89. The predicted octanol–water partition coefficient (Wildman–Crippen LogP) is 2.46. The van der Waals surface area contributed by atoms with Gasteiger partial charge in [0.25, 0.3) is 5.56 Å². The number of aromatic amines is 1. The molecular weight excluding hydrogens is 482 g/mol. The third-order valence-electron chi connectivity index (χ3n) is 6.68. The minimum absolute atomic E-state index is 0.00106. The van der Waals surface area contributed by atoms with Crippen LogP contribution < -0.4 is 21.9 Å². The van der Waals surface area contributed by atoms with Gasteiger partial charge in [-0.3, -0.25) is 19.1 Å². The van der Waals surface area contributed by atoms with Crippen LogP contribution in [0.3, 0.4) is 0 Å². The van der Waals surface area contributed by atoms with E-state index in [2.05, 4.69) is 4.98 Å². The fraction of sp³-hybridized carbons (Fsp3) is 0.560. The van der Waals surface area contributed by atoms with Crippen molar-refractivity contribution >= 4 is 27.4 Å². The summed E-state index contributed by atoms with van der Waals surface area (Å²) in [4.78, 5) is 42.8. The van der Waals surface area contributed by atoms with E-state index >= 15 is 0 Å². The largest absolute Gasteiger partial charge is 0.383 e. The van der Waals surface area contributed by atoms with Gasteiger partial charge in [0.1, 0.15) is 5.82 Å². The molecule has 10 nitrogen and oxygen atoms in total. The Morgan fingerprint density at radius 2 is 1.69 bits per heavy atom. The maximum absolute atomic E-state index is 13.6. The van der Waals surface area contributed by atoms with Crippen LogP contribution >= 0.6 is 0 Å². The highest BCUT2D eigenvalue weighted by molar-refractivity contribution is 7.89. The van der Waals surface area contributed by atoms with Gasteiger partial charge in [0, 0.05) is 32.1 Å². The van der Waals surface area contributed by atoms with Crippen molar-refractivity contribution < 1.29 is 13.2 Å². The number of hydrogen-bond donors (Lipinski definition) is 2. The molecule has 0 unspecified atom stereocenters. The minimum atomic E-state index is -3.65. The average Bonchev–Trinajstić information content (AvgIpc) is 2.85. The molecule has 1 aromatic carbocycles. The Kier molecular flexibility index (Phi) is 9.13. The second kappa shape index (κ2) is 11.9. The van der Waals surface area contributed by atoms with E-state index in [4.69, 9.17) is 5.73 Å². The molecule has 3 N–H and O–H groups in total. The Morgan fingerprint density at radius 3 is 2.28 bits per heavy atom. The van der Waals surface area contributed by atoms with Crippen molar-refractivity contribution in [2.75, 3.05) is 30.3 Å². The summed E-state index contributed by atoms with van der Waals surface area (Å²) in [5, 5.41) is 0. The summed E-state index contributed by atoms with van der Waals surface area (Å²) >= 11 is 0. The number of carbonyl (C=O) groups is 1. The molecule has 36 heavy (non-hydrogen) atoms. The van der Waals surface area contributed by atoms with Crippen LogP contribution in [0.15, 0.2) is 38.8 Å². The van der Waals surface area contributed by atoms with Gasteiger partial charge in [0.2, 0.25) is 15.9 Å². The number of rotatable bonds is 10. The van der Waals surface area contributed by atoms with Crippen molar-refractivity contribution in [3.05, 3.63) is 50.7 Å². The number of aryl methyl sites for hydroxylation is 1. The van der Waals surface area contributed by atoms with Crippen molar-refractivity contribution in [2.24, 2.45) is 5.92 Å². The summed E-state index contributed by atoms with van der Waals surface area (Å²) in [5.74, 6) is -0.740. The van der Waals surface area contributed by atoms with Crippen molar-refractivity contribution in [3.63, 3.8) is 0 Å². The second-order valence-corrected chi connectivity index (χ2v) is 11.3. The fourth-order valence-corrected chi connectivity index (χ4v) is 5.92. The molecule has 198 valence electrons. The second-order valence-electron chi connectivity index (χ2n) is 9.33. The molecule has 0 bridgehead atoms. The quantitative estimate of drug-likeness (QED) is 0.494. The number of hydrogen-bond acceptors (Lipinski definition) is 6. The summed E-state index contributed by atoms with van der Waals surface area (Å²) < 4.78 is 28.8. The van der Waals surface area contributed by atoms with Gasteiger partial charge in [-0.1, -0.05) is 44.4 Å². The van der Waals surface area contributed by atoms with Crippen molar-refractivity contribution in [1.82, 2.24) is 13.9 Å². The van der Waals surface area contributed by atoms with Gasteiger partial charge in [-0.05, 0) is 44.7 Å². The van der Waals surface area contributed by atoms with Crippen LogP contribution in [0.2, 0.25) is 0 Å². The molecule has 1 saturated heterocycles. The maximum Gasteiger partial charge on any atom is 0.330 e. The van der Waals surface area contributed by atoms with Gasteiger partial charge >= 0.3 is 5.69 Å². The van der Waals surface area contributed by atoms with Crippen LogP contribution in [0, 0.1) is 12.8 Å². The summed E-state index contributed by atoms with van der Waals surface area (Å²) in [5.41, 5.74) is 5.98. The summed E-state index contributed by atoms with van der Waals surface area (Å²) in [7, 11) is -3.65. The zero-order valence-corrected chi connectivity index (χ0v) is 22.1. The zero-order chi connectivity index (χ0) is 26.5. The monoisotopic (exact) mass is 519 g/mol. The average molecular weight is 520 g/mol. The zero-order valence-electron chi connectivity index (χ0n) is 21.3. The molecular formula is C25H37N5O5S. The number of anilines is 2. The van der Waals surface area contributed by atoms with E-state index in [9.17, 15) is 22.8 Å². The number of nitrogens with zero attached hydrogens (tertiary/aromatic N) is 3. The first-order valence-corrected chi connectivity index (χ1v) is 14.1. The molecule has 0 saturated carbocycles. The lowest BCUT2D eigenvalue weighted by atomic mass is 9.96. The summed E-state index contributed by atoms with van der Waals surface area (Å²) in [6, 6.07) is 6.71. The van der Waals surface area contributed by atoms with Crippen molar-refractivity contribution in [3.8, 4) is 0 Å². The molecule has 1 aliphatic rings. The third-order valence-corrected chi connectivity index (χ3v) is 8.60. The van der Waals surface area contributed by atoms with E-state index < -0.39 is 27.2 Å². The van der Waals surface area contributed by atoms with Gasteiger partial charge in [0.15, 0.2) is 5.69 Å². The van der Waals surface area contributed by atoms with E-state index in [1.54, 1.807) is 24.3 Å². The van der Waals surface area contributed by atoms with Crippen LogP contribution in [0.4, 0.5) is 11.5 Å². The molecule has 3 rings (SSSR count). The molecule has 2 aromatic rings. The van der Waals surface area contributed by atoms with Gasteiger partial charge in [-0.15, -0.1) is 0 Å². The number of nitrogens with two attached hydrogens (primary N) is 1. The van der Waals surface area contributed by atoms with Crippen molar-refractivity contribution in [2.45, 2.75) is 70.7 Å². The number of H-pyrrole nitrogens is 1. The molecule has 0 aliphatic carbocycles. The smallest absolute Gasteiger partial charge is 0.330 e. The van der Waals surface area contributed by atoms with Crippen LogP contribution in [-0.2, 0) is 21.4 Å². The predicted molar refractivity (Wildman–Crippen MR) is 141 cm³/mol. The number of benzene rings is 1. The first-order valence-electron chi connectivity index (χ1n) is 12.6. The first-order chi connectivity index (χ1) is 17.1. The molecule has 0 radical (unpaired) electrons. The lowest BCUT2D eigenvalue weighted by molar-refractivity contribution is -0.123. The summed E-state index contributed by atoms with van der Waals surface area (Å²) in [6.45, 7) is 6.90. The Bertz CT molecular complexity index is 1280. The molecule has 0 spiro atoms. The van der Waals surface area contributed by atoms with Crippen LogP contribution in [0.5, 0.6) is 0 Å². The highest BCUT2D eigenvalue weighted by atomic mass is 32.2. The normalized spacial score (nSPS) is 15.2. The number of unbranched alkanes of at least 4 members (excludes halogenated alkanes) is 2. The lowest BCUT2D eigenvalue weighted by Gasteiger charge is -2.34. The minimum Gasteiger partial charge on any atom is -0.383 e. The molecule has 1 fully saturated rings. The number of carbonyl (C=O) groups excluding carboxylic acids is 1. The van der Waals surface area contributed by atoms with Crippen LogP contribution in [-0.4, -0.2) is 47.8 Å². The number of sulfonamides is 1. The number of nitrogens with one attached hydrogen (secondary N) is 1. The van der Waals surface area contributed by atoms with Crippen LogP contribution in [0.25, 0.3) is 0 Å². The molecule has 2 heterocycles. The molecule has 1 amide bonds. The van der Waals surface area contributed by atoms with E-state index in [1.165, 1.54) is 13.8 Å². The Labute approximate surface area is 212 Å². The molecule has 0 atom stereocenters. The highest BCUT2D eigenvalue weighted by Crippen LogP contribution is 2.28. The van der Waals surface area contributed by atoms with E-state index in [0.717, 1.165) is 18.4 Å². The molecule has 1 aliphatic heterocycles. The van der Waals surface area contributed by atoms with E-state index in [-0.39, 0.29) is 41.9 Å². The molecule has 1 aromatic heterocycles. The topological polar surface area (TPSA) is 139 Å². The maximum atomic E-state index is 13.6. The number of nitrogen functional groups attached to an aromatic ring is 1. The highest BCUT2D eigenvalue weighted by Gasteiger charge is 2.35. The van der Waals surface area contributed by atoms with E-state index in [0.29, 0.717) is 32.2 Å². The van der Waals surface area contributed by atoms with Crippen molar-refractivity contribution in [1.29, 1.82) is 0 Å². The SMILES string of the molecule is CCCCN(C(=O)C1CCN(S(=O)(=O)c2ccc(C)cc2)CC1)c1c(N)n(CCCC)c(=O)[nH]c1=O. The van der Waals surface area contributed by atoms with Gasteiger partial charge in [-0.2, -0.15) is 4.31 Å². The number of aromatic nitrogens is 2. The first kappa shape index (κ1) is 27.7.